The first-order valence-corrected chi connectivity index (χ1v) is 8.74. The lowest BCUT2D eigenvalue weighted by atomic mass is 10.0. The average Bonchev–Trinajstić information content (AvgIpc) is 3.04. The molecule has 3 heterocycles. The van der Waals surface area contributed by atoms with Crippen LogP contribution in [0.25, 0.3) is 5.57 Å². The van der Waals surface area contributed by atoms with Crippen LogP contribution in [0.5, 0.6) is 0 Å². The van der Waals surface area contributed by atoms with E-state index >= 15 is 0 Å². The molecular formula is C19H19FN3O4+. The van der Waals surface area contributed by atoms with Gasteiger partial charge in [-0.25, -0.2) is 9.18 Å². The molecule has 2 aliphatic rings. The van der Waals surface area contributed by atoms with Crippen LogP contribution in [0, 0.1) is 10.7 Å². The van der Waals surface area contributed by atoms with E-state index in [1.807, 2.05) is 6.08 Å². The third-order valence-corrected chi connectivity index (χ3v) is 4.67. The van der Waals surface area contributed by atoms with Gasteiger partial charge in [0.25, 0.3) is 6.20 Å². The van der Waals surface area contributed by atoms with Crippen molar-refractivity contribution in [3.8, 4) is 0 Å². The highest BCUT2D eigenvalue weighted by atomic mass is 19.1. The number of rotatable bonds is 4. The van der Waals surface area contributed by atoms with E-state index in [-0.39, 0.29) is 18.9 Å². The highest BCUT2D eigenvalue weighted by Crippen LogP contribution is 2.29. The van der Waals surface area contributed by atoms with E-state index in [0.29, 0.717) is 35.4 Å². The number of hydrogen-bond donors (Lipinski definition) is 0. The fraction of sp³-hybridized carbons (Fsp3) is 0.316. The van der Waals surface area contributed by atoms with E-state index in [2.05, 4.69) is 0 Å². The van der Waals surface area contributed by atoms with Crippen LogP contribution in [0.1, 0.15) is 12.0 Å². The molecule has 0 N–H and O–H groups in total. The highest BCUT2D eigenvalue weighted by Gasteiger charge is 2.34. The second-order valence-electron chi connectivity index (χ2n) is 6.44. The quantitative estimate of drug-likeness (QED) is 0.773. The fourth-order valence-corrected chi connectivity index (χ4v) is 3.31. The Morgan fingerprint density at radius 2 is 2.19 bits per heavy atom. The Kier molecular flexibility index (Phi) is 4.72. The number of nitrogens with zero attached hydrogens (tertiary/aromatic N) is 3. The molecular weight excluding hydrogens is 353 g/mol. The molecule has 0 aliphatic carbocycles. The average molecular weight is 372 g/mol. The molecule has 140 valence electrons. The summed E-state index contributed by atoms with van der Waals surface area (Å²) in [4.78, 5) is 25.3. The van der Waals surface area contributed by atoms with Crippen molar-refractivity contribution in [2.45, 2.75) is 19.1 Å². The summed E-state index contributed by atoms with van der Waals surface area (Å²) in [6.45, 7) is 1.52. The van der Waals surface area contributed by atoms with Crippen molar-refractivity contribution in [3.05, 3.63) is 65.1 Å². The standard InChI is InChI=1S/C19H19FN3O4/c20-18-11-15(3-4-17(18)14-5-9-26-10-6-14)22-13-16(27-19(22)24)12-21-7-1-2-8-23(21)25/h1-5,7-8,11,16H,6,9-10,12-13H2/q+1/t16-/m0/s1. The minimum Gasteiger partial charge on any atom is -0.442 e. The topological polar surface area (TPSA) is 66.7 Å². The molecule has 7 nitrogen and oxygen atoms in total. The molecule has 1 atom stereocenters. The second-order valence-corrected chi connectivity index (χ2v) is 6.44. The van der Waals surface area contributed by atoms with Crippen LogP contribution in [0.2, 0.25) is 0 Å². The Hall–Kier alpha value is -3.00. The van der Waals surface area contributed by atoms with Crippen molar-refractivity contribution in [1.82, 2.24) is 4.68 Å². The SMILES string of the molecule is O=C1O[C@@H](Cn2cccc[n+]2=O)CN1c1ccc(C2=CCOCC2)c(F)c1. The van der Waals surface area contributed by atoms with Crippen LogP contribution in [0.15, 0.2) is 48.8 Å². The van der Waals surface area contributed by atoms with Crippen LogP contribution in [-0.2, 0) is 16.0 Å². The van der Waals surface area contributed by atoms with Crippen LogP contribution < -0.4 is 9.44 Å². The molecule has 1 amide bonds. The van der Waals surface area contributed by atoms with Crippen LogP contribution in [-0.4, -0.2) is 36.6 Å². The Morgan fingerprint density at radius 3 is 2.93 bits per heavy atom. The predicted molar refractivity (Wildman–Crippen MR) is 95.2 cm³/mol. The van der Waals surface area contributed by atoms with Gasteiger partial charge in [0, 0.05) is 11.6 Å². The molecule has 8 heteroatoms. The minimum atomic E-state index is -0.550. The lowest BCUT2D eigenvalue weighted by molar-refractivity contribution is -0.600. The summed E-state index contributed by atoms with van der Waals surface area (Å²) in [6.07, 6.45) is 4.47. The first kappa shape index (κ1) is 17.4. The van der Waals surface area contributed by atoms with E-state index < -0.39 is 12.2 Å². The summed E-state index contributed by atoms with van der Waals surface area (Å²) in [5.74, 6) is -0.383. The van der Waals surface area contributed by atoms with Crippen molar-refractivity contribution >= 4 is 17.4 Å². The lowest BCUT2D eigenvalue weighted by Crippen LogP contribution is -2.35. The molecule has 1 aromatic heterocycles. The van der Waals surface area contributed by atoms with E-state index in [4.69, 9.17) is 9.47 Å². The second kappa shape index (κ2) is 7.32. The first-order valence-electron chi connectivity index (χ1n) is 8.74. The van der Waals surface area contributed by atoms with Gasteiger partial charge in [-0.2, -0.15) is 0 Å². The number of benzene rings is 1. The summed E-state index contributed by atoms with van der Waals surface area (Å²) >= 11 is 0. The van der Waals surface area contributed by atoms with E-state index in [9.17, 15) is 14.1 Å². The van der Waals surface area contributed by atoms with Gasteiger partial charge in [0.05, 0.1) is 36.5 Å². The number of carbonyl (C=O) groups excluding carboxylic acids is 1. The molecule has 0 saturated carbocycles. The van der Waals surface area contributed by atoms with Gasteiger partial charge in [0.15, 0.2) is 4.54 Å². The molecule has 2 aromatic rings. The molecule has 0 spiro atoms. The summed E-state index contributed by atoms with van der Waals surface area (Å²) in [6, 6.07) is 8.08. The zero-order valence-corrected chi connectivity index (χ0v) is 14.6. The fourth-order valence-electron chi connectivity index (χ4n) is 3.31. The molecule has 0 bridgehead atoms. The van der Waals surface area contributed by atoms with Gasteiger partial charge in [-0.05, 0) is 36.3 Å². The van der Waals surface area contributed by atoms with Gasteiger partial charge in [-0.15, -0.1) is 4.68 Å². The summed E-state index contributed by atoms with van der Waals surface area (Å²) < 4.78 is 27.3. The molecule has 27 heavy (non-hydrogen) atoms. The van der Waals surface area contributed by atoms with Gasteiger partial charge in [0.1, 0.15) is 18.5 Å². The molecule has 2 aliphatic heterocycles. The summed E-state index contributed by atoms with van der Waals surface area (Å²) in [7, 11) is 0. The maximum Gasteiger partial charge on any atom is 0.414 e. The van der Waals surface area contributed by atoms with E-state index in [1.54, 1.807) is 30.5 Å². The summed E-state index contributed by atoms with van der Waals surface area (Å²) in [5.41, 5.74) is 1.87. The maximum atomic E-state index is 14.6. The van der Waals surface area contributed by atoms with Crippen molar-refractivity contribution in [2.24, 2.45) is 0 Å². The Morgan fingerprint density at radius 1 is 1.30 bits per heavy atom. The van der Waals surface area contributed by atoms with Crippen LogP contribution >= 0.6 is 0 Å². The maximum absolute atomic E-state index is 14.6. The number of cyclic esters (lactones) is 1. The lowest BCUT2D eigenvalue weighted by Gasteiger charge is -2.17. The van der Waals surface area contributed by atoms with Crippen molar-refractivity contribution in [2.75, 3.05) is 24.7 Å². The third-order valence-electron chi connectivity index (χ3n) is 4.67. The number of anilines is 1. The molecule has 4 rings (SSSR count). The third kappa shape index (κ3) is 3.61. The Labute approximate surface area is 154 Å². The number of carbonyl (C=O) groups is 1. The normalized spacial score (nSPS) is 19.7. The van der Waals surface area contributed by atoms with Crippen molar-refractivity contribution in [1.29, 1.82) is 0 Å². The highest BCUT2D eigenvalue weighted by molar-refractivity contribution is 5.90. The Bertz CT molecular complexity index is 956. The van der Waals surface area contributed by atoms with Crippen LogP contribution in [0.4, 0.5) is 14.9 Å². The largest absolute Gasteiger partial charge is 0.442 e. The monoisotopic (exact) mass is 372 g/mol. The first-order chi connectivity index (χ1) is 13.1. The van der Waals surface area contributed by atoms with E-state index in [0.717, 1.165) is 5.57 Å². The molecule has 1 aromatic carbocycles. The number of amides is 1. The van der Waals surface area contributed by atoms with Gasteiger partial charge in [0.2, 0.25) is 0 Å². The zero-order chi connectivity index (χ0) is 18.8. The van der Waals surface area contributed by atoms with Gasteiger partial charge in [-0.1, -0.05) is 6.08 Å². The predicted octanol–water partition coefficient (Wildman–Crippen LogP) is 2.37. The number of aromatic nitrogens is 2. The molecule has 1 fully saturated rings. The Balaban J connectivity index is 1.51. The molecule has 0 radical (unpaired) electrons. The smallest absolute Gasteiger partial charge is 0.414 e. The van der Waals surface area contributed by atoms with Crippen molar-refractivity contribution in [3.63, 3.8) is 0 Å². The number of halogens is 1. The number of hydrogen-bond acceptors (Lipinski definition) is 4. The summed E-state index contributed by atoms with van der Waals surface area (Å²) in [5, 5.41) is 0. The zero-order valence-electron chi connectivity index (χ0n) is 14.6. The van der Waals surface area contributed by atoms with Gasteiger partial charge in [-0.3, -0.25) is 4.90 Å². The molecule has 0 unspecified atom stereocenters. The molecule has 1 saturated heterocycles. The van der Waals surface area contributed by atoms with Crippen LogP contribution in [0.3, 0.4) is 0 Å². The minimum absolute atomic E-state index is 0.222. The van der Waals surface area contributed by atoms with Crippen molar-refractivity contribution < 1.29 is 23.2 Å². The van der Waals surface area contributed by atoms with Gasteiger partial charge >= 0.3 is 6.09 Å². The van der Waals surface area contributed by atoms with Gasteiger partial charge < -0.3 is 9.47 Å². The number of ether oxygens (including phenoxy) is 2. The van der Waals surface area contributed by atoms with E-state index in [1.165, 1.54) is 21.8 Å².